The van der Waals surface area contributed by atoms with Crippen LogP contribution in [-0.4, -0.2) is 25.1 Å². The highest BCUT2D eigenvalue weighted by Crippen LogP contribution is 2.31. The van der Waals surface area contributed by atoms with Crippen molar-refractivity contribution >= 4 is 22.7 Å². The van der Waals surface area contributed by atoms with E-state index >= 15 is 0 Å². The molecular formula is C20H19N5OS. The number of aryl methyl sites for hydroxylation is 1. The monoisotopic (exact) mass is 377 g/mol. The lowest BCUT2D eigenvalue weighted by Gasteiger charge is -2.08. The summed E-state index contributed by atoms with van der Waals surface area (Å²) in [4.78, 5) is 24.3. The first-order valence-electron chi connectivity index (χ1n) is 8.81. The highest BCUT2D eigenvalue weighted by Gasteiger charge is 2.15. The molecule has 0 unspecified atom stereocenters. The molecule has 0 radical (unpaired) electrons. The Labute approximate surface area is 160 Å². The predicted molar refractivity (Wildman–Crippen MR) is 108 cm³/mol. The number of aromatic amines is 2. The number of hydrogen-bond acceptors (Lipinski definition) is 5. The second kappa shape index (κ2) is 7.36. The van der Waals surface area contributed by atoms with E-state index in [1.165, 1.54) is 17.3 Å². The summed E-state index contributed by atoms with van der Waals surface area (Å²) in [7, 11) is 0. The third kappa shape index (κ3) is 3.64. The Balaban J connectivity index is 1.55. The highest BCUT2D eigenvalue weighted by atomic mass is 32.2. The van der Waals surface area contributed by atoms with Crippen LogP contribution in [0.5, 0.6) is 0 Å². The molecule has 0 spiro atoms. The number of nitrogens with zero attached hydrogens (tertiary/aromatic N) is 3. The normalized spacial score (nSPS) is 12.4. The lowest BCUT2D eigenvalue weighted by Crippen LogP contribution is -2.12. The van der Waals surface area contributed by atoms with Crippen LogP contribution in [-0.2, 0) is 6.42 Å². The molecule has 2 aromatic heterocycles. The van der Waals surface area contributed by atoms with E-state index in [1.54, 1.807) is 6.07 Å². The second-order valence-electron chi connectivity index (χ2n) is 6.25. The first kappa shape index (κ1) is 17.5. The van der Waals surface area contributed by atoms with E-state index in [-0.39, 0.29) is 10.8 Å². The lowest BCUT2D eigenvalue weighted by atomic mass is 10.1. The molecule has 0 aliphatic heterocycles. The Morgan fingerprint density at radius 1 is 1.07 bits per heavy atom. The predicted octanol–water partition coefficient (Wildman–Crippen LogP) is 4.12. The van der Waals surface area contributed by atoms with Gasteiger partial charge in [0.2, 0.25) is 5.16 Å². The summed E-state index contributed by atoms with van der Waals surface area (Å²) < 4.78 is 0. The largest absolute Gasteiger partial charge is 0.309 e. The number of rotatable bonds is 5. The van der Waals surface area contributed by atoms with Crippen LogP contribution >= 0.6 is 11.8 Å². The minimum Gasteiger partial charge on any atom is -0.309 e. The van der Waals surface area contributed by atoms with Crippen molar-refractivity contribution in [1.82, 2.24) is 25.1 Å². The summed E-state index contributed by atoms with van der Waals surface area (Å²) in [5.41, 5.74) is 2.84. The maximum atomic E-state index is 12.3. The maximum absolute atomic E-state index is 12.3. The third-order valence-electron chi connectivity index (χ3n) is 4.40. The van der Waals surface area contributed by atoms with Crippen LogP contribution in [0.3, 0.4) is 0 Å². The van der Waals surface area contributed by atoms with Crippen LogP contribution in [0, 0.1) is 0 Å². The van der Waals surface area contributed by atoms with Gasteiger partial charge in [0, 0.05) is 5.56 Å². The van der Waals surface area contributed by atoms with Crippen LogP contribution in [0.4, 0.5) is 0 Å². The zero-order valence-electron chi connectivity index (χ0n) is 15.1. The van der Waals surface area contributed by atoms with Gasteiger partial charge in [-0.05, 0) is 31.0 Å². The van der Waals surface area contributed by atoms with Gasteiger partial charge >= 0.3 is 0 Å². The third-order valence-corrected chi connectivity index (χ3v) is 5.37. The number of thioether (sulfide) groups is 1. The molecule has 0 fully saturated rings. The summed E-state index contributed by atoms with van der Waals surface area (Å²) in [6.45, 7) is 4.11. The fourth-order valence-electron chi connectivity index (χ4n) is 2.84. The van der Waals surface area contributed by atoms with Crippen molar-refractivity contribution < 1.29 is 0 Å². The Morgan fingerprint density at radius 3 is 2.63 bits per heavy atom. The topological polar surface area (TPSA) is 87.3 Å². The van der Waals surface area contributed by atoms with Crippen LogP contribution in [0.2, 0.25) is 0 Å². The standard InChI is InChI=1S/C20H19N5OS/c1-3-13-8-10-14(11-9-13)18-23-20(25-24-18)27-12(2)17-21-16-7-5-4-6-15(16)19(26)22-17/h4-12H,3H2,1-2H3,(H,21,22,26)(H,23,24,25)/t12-/m0/s1. The minimum atomic E-state index is -0.130. The van der Waals surface area contributed by atoms with Crippen molar-refractivity contribution in [2.75, 3.05) is 0 Å². The van der Waals surface area contributed by atoms with Crippen molar-refractivity contribution in [1.29, 1.82) is 0 Å². The summed E-state index contributed by atoms with van der Waals surface area (Å²) >= 11 is 1.45. The second-order valence-corrected chi connectivity index (χ2v) is 7.55. The highest BCUT2D eigenvalue weighted by molar-refractivity contribution is 7.99. The van der Waals surface area contributed by atoms with Crippen LogP contribution in [0.15, 0.2) is 58.5 Å². The van der Waals surface area contributed by atoms with Gasteiger partial charge in [0.1, 0.15) is 5.82 Å². The molecule has 2 aromatic carbocycles. The Bertz CT molecular complexity index is 1130. The van der Waals surface area contributed by atoms with Gasteiger partial charge in [-0.25, -0.2) is 9.97 Å². The molecule has 2 heterocycles. The van der Waals surface area contributed by atoms with Crippen molar-refractivity contribution in [3.05, 3.63) is 70.3 Å². The lowest BCUT2D eigenvalue weighted by molar-refractivity contribution is 0.904. The van der Waals surface area contributed by atoms with Crippen LogP contribution < -0.4 is 5.56 Å². The maximum Gasteiger partial charge on any atom is 0.258 e. The number of H-pyrrole nitrogens is 2. The van der Waals surface area contributed by atoms with Gasteiger partial charge in [-0.2, -0.15) is 0 Å². The zero-order valence-corrected chi connectivity index (χ0v) is 15.9. The van der Waals surface area contributed by atoms with E-state index in [1.807, 2.05) is 37.3 Å². The molecule has 1 atom stereocenters. The number of fused-ring (bicyclic) bond motifs is 1. The van der Waals surface area contributed by atoms with Crippen LogP contribution in [0.1, 0.15) is 30.5 Å². The smallest absolute Gasteiger partial charge is 0.258 e. The fourth-order valence-corrected chi connectivity index (χ4v) is 3.62. The number of aromatic nitrogens is 5. The van der Waals surface area contributed by atoms with Crippen molar-refractivity contribution in [3.63, 3.8) is 0 Å². The molecule has 136 valence electrons. The minimum absolute atomic E-state index is 0.0894. The molecular weight excluding hydrogens is 358 g/mol. The molecule has 0 saturated carbocycles. The molecule has 0 saturated heterocycles. The quantitative estimate of drug-likeness (QED) is 0.511. The van der Waals surface area contributed by atoms with E-state index < -0.39 is 0 Å². The summed E-state index contributed by atoms with van der Waals surface area (Å²) in [6.07, 6.45) is 1.01. The fraction of sp³-hybridized carbons (Fsp3) is 0.200. The van der Waals surface area contributed by atoms with Gasteiger partial charge in [0.25, 0.3) is 5.56 Å². The summed E-state index contributed by atoms with van der Waals surface area (Å²) in [5.74, 6) is 1.34. The van der Waals surface area contributed by atoms with Gasteiger partial charge < -0.3 is 4.98 Å². The first-order chi connectivity index (χ1) is 13.1. The molecule has 2 N–H and O–H groups in total. The molecule has 6 nitrogen and oxygen atoms in total. The molecule has 27 heavy (non-hydrogen) atoms. The number of para-hydroxylation sites is 1. The molecule has 0 bridgehead atoms. The molecule has 7 heteroatoms. The Hall–Kier alpha value is -2.93. The van der Waals surface area contributed by atoms with Crippen molar-refractivity contribution in [2.24, 2.45) is 0 Å². The summed E-state index contributed by atoms with van der Waals surface area (Å²) in [5, 5.41) is 8.40. The summed E-state index contributed by atoms with van der Waals surface area (Å²) in [6, 6.07) is 15.6. The average molecular weight is 377 g/mol. The van der Waals surface area contributed by atoms with Crippen molar-refractivity contribution in [3.8, 4) is 11.4 Å². The average Bonchev–Trinajstić information content (AvgIpc) is 3.16. The SMILES string of the molecule is CCc1ccc(-c2nc(S[C@@H](C)c3nc4ccccc4c(=O)[nH]3)n[nH]2)cc1. The molecule has 4 rings (SSSR count). The molecule has 0 aliphatic rings. The van der Waals surface area contributed by atoms with Gasteiger partial charge in [-0.15, -0.1) is 5.10 Å². The zero-order chi connectivity index (χ0) is 18.8. The number of hydrogen-bond donors (Lipinski definition) is 2. The van der Waals surface area contributed by atoms with Crippen molar-refractivity contribution in [2.45, 2.75) is 30.7 Å². The van der Waals surface area contributed by atoms with Gasteiger partial charge in [-0.3, -0.25) is 9.89 Å². The number of nitrogens with one attached hydrogen (secondary N) is 2. The van der Waals surface area contributed by atoms with Gasteiger partial charge in [0.05, 0.1) is 16.2 Å². The molecule has 0 aliphatic carbocycles. The van der Waals surface area contributed by atoms with Crippen LogP contribution in [0.25, 0.3) is 22.3 Å². The van der Waals surface area contributed by atoms with E-state index in [4.69, 9.17) is 0 Å². The van der Waals surface area contributed by atoms with E-state index in [0.717, 1.165) is 17.8 Å². The van der Waals surface area contributed by atoms with E-state index in [0.29, 0.717) is 21.9 Å². The Kier molecular flexibility index (Phi) is 4.77. The van der Waals surface area contributed by atoms with Gasteiger partial charge in [-0.1, -0.05) is 55.1 Å². The van der Waals surface area contributed by atoms with E-state index in [2.05, 4.69) is 44.2 Å². The van der Waals surface area contributed by atoms with Gasteiger partial charge in [0.15, 0.2) is 5.82 Å². The molecule has 4 aromatic rings. The Morgan fingerprint density at radius 2 is 1.85 bits per heavy atom. The van der Waals surface area contributed by atoms with E-state index in [9.17, 15) is 4.79 Å². The first-order valence-corrected chi connectivity index (χ1v) is 9.69. The number of benzene rings is 2. The molecule has 0 amide bonds.